The Kier molecular flexibility index (Phi) is 2.29. The largest absolute Gasteiger partial charge is 0.295 e. The van der Waals surface area contributed by atoms with Crippen LogP contribution >= 0.6 is 0 Å². The highest BCUT2D eigenvalue weighted by molar-refractivity contribution is 5.85. The Bertz CT molecular complexity index is 1020. The van der Waals surface area contributed by atoms with Crippen LogP contribution in [0.2, 0.25) is 0 Å². The van der Waals surface area contributed by atoms with Crippen molar-refractivity contribution in [3.8, 4) is 11.3 Å². The van der Waals surface area contributed by atoms with E-state index in [-0.39, 0.29) is 5.56 Å². The second kappa shape index (κ2) is 4.05. The summed E-state index contributed by atoms with van der Waals surface area (Å²) in [5.74, 6) is 0. The van der Waals surface area contributed by atoms with E-state index in [2.05, 4.69) is 15.2 Å². The molecule has 0 spiro atoms. The van der Waals surface area contributed by atoms with Gasteiger partial charge in [0.15, 0.2) is 0 Å². The Morgan fingerprint density at radius 1 is 1.29 bits per heavy atom. The number of rotatable bonds is 1. The van der Waals surface area contributed by atoms with Crippen molar-refractivity contribution in [2.45, 2.75) is 6.92 Å². The molecule has 0 fully saturated rings. The molecular formula is C15H13N5O. The summed E-state index contributed by atoms with van der Waals surface area (Å²) in [7, 11) is 1.77. The second-order valence-electron chi connectivity index (χ2n) is 5.16. The third-order valence-corrected chi connectivity index (χ3v) is 3.78. The molecular weight excluding hydrogens is 266 g/mol. The summed E-state index contributed by atoms with van der Waals surface area (Å²) in [6.45, 7) is 1.98. The van der Waals surface area contributed by atoms with Crippen LogP contribution < -0.4 is 5.56 Å². The zero-order valence-electron chi connectivity index (χ0n) is 11.7. The molecule has 0 aliphatic heterocycles. The minimum atomic E-state index is -0.0218. The molecule has 4 rings (SSSR count). The van der Waals surface area contributed by atoms with E-state index in [1.54, 1.807) is 30.3 Å². The zero-order chi connectivity index (χ0) is 14.6. The molecule has 0 unspecified atom stereocenters. The first-order valence-electron chi connectivity index (χ1n) is 6.62. The highest BCUT2D eigenvalue weighted by atomic mass is 16.1. The van der Waals surface area contributed by atoms with Crippen LogP contribution in [0.1, 0.15) is 5.56 Å². The Balaban J connectivity index is 2.23. The lowest BCUT2D eigenvalue weighted by Crippen LogP contribution is -2.19. The molecule has 0 saturated heterocycles. The van der Waals surface area contributed by atoms with Gasteiger partial charge in [0, 0.05) is 18.8 Å². The summed E-state index contributed by atoms with van der Waals surface area (Å²) >= 11 is 0. The van der Waals surface area contributed by atoms with Gasteiger partial charge in [0.2, 0.25) is 0 Å². The van der Waals surface area contributed by atoms with E-state index >= 15 is 0 Å². The number of hydrogen-bond acceptors (Lipinski definition) is 3. The standard InChI is InChI=1S/C15H13N5O/c1-9-3-4-12-11(5-9)15(21)19(2)14-13(16-8-20(12)14)10-6-17-18-7-10/h3-8H,1-2H3,(H,17,18). The molecule has 6 heteroatoms. The summed E-state index contributed by atoms with van der Waals surface area (Å²) in [5, 5.41) is 7.42. The number of aryl methyl sites for hydroxylation is 2. The maximum atomic E-state index is 12.6. The lowest BCUT2D eigenvalue weighted by atomic mass is 10.1. The molecule has 3 heterocycles. The number of fused-ring (bicyclic) bond motifs is 3. The van der Waals surface area contributed by atoms with E-state index in [1.165, 1.54) is 0 Å². The van der Waals surface area contributed by atoms with E-state index in [1.807, 2.05) is 29.5 Å². The molecule has 0 amide bonds. The number of aromatic nitrogens is 5. The van der Waals surface area contributed by atoms with Gasteiger partial charge in [-0.1, -0.05) is 11.6 Å². The molecule has 0 bridgehead atoms. The summed E-state index contributed by atoms with van der Waals surface area (Å²) in [4.78, 5) is 17.1. The van der Waals surface area contributed by atoms with Crippen LogP contribution in [0, 0.1) is 6.92 Å². The van der Waals surface area contributed by atoms with Crippen molar-refractivity contribution >= 4 is 16.6 Å². The van der Waals surface area contributed by atoms with Gasteiger partial charge in [0.1, 0.15) is 17.7 Å². The van der Waals surface area contributed by atoms with Gasteiger partial charge in [0.05, 0.1) is 17.1 Å². The van der Waals surface area contributed by atoms with Gasteiger partial charge in [-0.2, -0.15) is 5.10 Å². The first-order valence-corrected chi connectivity index (χ1v) is 6.62. The normalized spacial score (nSPS) is 11.5. The van der Waals surface area contributed by atoms with Gasteiger partial charge >= 0.3 is 0 Å². The van der Waals surface area contributed by atoms with Crippen molar-refractivity contribution < 1.29 is 0 Å². The molecule has 4 aromatic rings. The summed E-state index contributed by atoms with van der Waals surface area (Å²) in [5.41, 5.74) is 4.27. The molecule has 0 radical (unpaired) electrons. The van der Waals surface area contributed by atoms with Gasteiger partial charge in [0.25, 0.3) is 5.56 Å². The molecule has 1 aromatic carbocycles. The second-order valence-corrected chi connectivity index (χ2v) is 5.16. The minimum Gasteiger partial charge on any atom is -0.295 e. The van der Waals surface area contributed by atoms with E-state index in [0.29, 0.717) is 5.39 Å². The van der Waals surface area contributed by atoms with Crippen molar-refractivity contribution in [3.63, 3.8) is 0 Å². The SMILES string of the molecule is Cc1ccc2c(c1)c(=O)n(C)c1c(-c3cn[nH]c3)ncn21. The molecule has 3 aromatic heterocycles. The van der Waals surface area contributed by atoms with Crippen molar-refractivity contribution in [1.29, 1.82) is 0 Å². The smallest absolute Gasteiger partial charge is 0.261 e. The van der Waals surface area contributed by atoms with Crippen LogP contribution in [0.25, 0.3) is 27.8 Å². The molecule has 1 N–H and O–H groups in total. The molecule has 6 nitrogen and oxygen atoms in total. The predicted molar refractivity (Wildman–Crippen MR) is 80.3 cm³/mol. The van der Waals surface area contributed by atoms with Crippen LogP contribution in [0.4, 0.5) is 0 Å². The lowest BCUT2D eigenvalue weighted by Gasteiger charge is -2.08. The Hall–Kier alpha value is -2.89. The van der Waals surface area contributed by atoms with Crippen molar-refractivity contribution in [2.75, 3.05) is 0 Å². The number of benzene rings is 1. The van der Waals surface area contributed by atoms with E-state index in [0.717, 1.165) is 28.0 Å². The van der Waals surface area contributed by atoms with Crippen molar-refractivity contribution in [2.24, 2.45) is 7.05 Å². The summed E-state index contributed by atoms with van der Waals surface area (Å²) in [6, 6.07) is 5.87. The molecule has 0 aliphatic rings. The quantitative estimate of drug-likeness (QED) is 0.578. The first kappa shape index (κ1) is 11.9. The van der Waals surface area contributed by atoms with Gasteiger partial charge in [-0.3, -0.25) is 18.9 Å². The van der Waals surface area contributed by atoms with Crippen LogP contribution in [0.3, 0.4) is 0 Å². The monoisotopic (exact) mass is 279 g/mol. The van der Waals surface area contributed by atoms with Crippen molar-refractivity contribution in [3.05, 3.63) is 52.8 Å². The van der Waals surface area contributed by atoms with Gasteiger partial charge in [-0.05, 0) is 19.1 Å². The maximum absolute atomic E-state index is 12.6. The van der Waals surface area contributed by atoms with E-state index in [4.69, 9.17) is 0 Å². The van der Waals surface area contributed by atoms with E-state index < -0.39 is 0 Å². The van der Waals surface area contributed by atoms with E-state index in [9.17, 15) is 4.79 Å². The Morgan fingerprint density at radius 2 is 2.14 bits per heavy atom. The minimum absolute atomic E-state index is 0.0218. The number of hydrogen-bond donors (Lipinski definition) is 1. The number of nitrogens with one attached hydrogen (secondary N) is 1. The van der Waals surface area contributed by atoms with Crippen LogP contribution in [-0.2, 0) is 7.05 Å². The third-order valence-electron chi connectivity index (χ3n) is 3.78. The van der Waals surface area contributed by atoms with Gasteiger partial charge in [-0.15, -0.1) is 0 Å². The fraction of sp³-hybridized carbons (Fsp3) is 0.133. The molecule has 104 valence electrons. The third kappa shape index (κ3) is 1.56. The maximum Gasteiger partial charge on any atom is 0.261 e. The predicted octanol–water partition coefficient (Wildman–Crippen LogP) is 1.88. The molecule has 0 atom stereocenters. The first-order chi connectivity index (χ1) is 10.2. The lowest BCUT2D eigenvalue weighted by molar-refractivity contribution is 0.882. The molecule has 0 aliphatic carbocycles. The summed E-state index contributed by atoms with van der Waals surface area (Å²) in [6.07, 6.45) is 5.22. The number of H-pyrrole nitrogens is 1. The topological polar surface area (TPSA) is 68.0 Å². The van der Waals surface area contributed by atoms with Gasteiger partial charge < -0.3 is 0 Å². The fourth-order valence-corrected chi connectivity index (χ4v) is 2.73. The number of aromatic amines is 1. The Morgan fingerprint density at radius 3 is 2.90 bits per heavy atom. The van der Waals surface area contributed by atoms with Crippen LogP contribution in [0.15, 0.2) is 41.7 Å². The summed E-state index contributed by atoms with van der Waals surface area (Å²) < 4.78 is 3.58. The van der Waals surface area contributed by atoms with Crippen LogP contribution in [-0.4, -0.2) is 24.1 Å². The molecule has 21 heavy (non-hydrogen) atoms. The average molecular weight is 279 g/mol. The number of imidazole rings is 1. The Labute approximate surface area is 119 Å². The zero-order valence-corrected chi connectivity index (χ0v) is 11.7. The fourth-order valence-electron chi connectivity index (χ4n) is 2.73. The molecule has 0 saturated carbocycles. The highest BCUT2D eigenvalue weighted by Gasteiger charge is 2.15. The highest BCUT2D eigenvalue weighted by Crippen LogP contribution is 2.24. The van der Waals surface area contributed by atoms with Crippen molar-refractivity contribution in [1.82, 2.24) is 24.1 Å². The van der Waals surface area contributed by atoms with Gasteiger partial charge in [-0.25, -0.2) is 4.98 Å². The number of nitrogens with zero attached hydrogens (tertiary/aromatic N) is 4. The average Bonchev–Trinajstić information content (AvgIpc) is 3.13. The van der Waals surface area contributed by atoms with Crippen LogP contribution in [0.5, 0.6) is 0 Å².